The second-order valence-electron chi connectivity index (χ2n) is 6.12. The minimum absolute atomic E-state index is 0.0103. The maximum absolute atomic E-state index is 12.3. The lowest BCUT2D eigenvalue weighted by Crippen LogP contribution is -2.18. The molecule has 3 aromatic carbocycles. The lowest BCUT2D eigenvalue weighted by Gasteiger charge is -2.08. The summed E-state index contributed by atoms with van der Waals surface area (Å²) in [7, 11) is -2.21. The highest BCUT2D eigenvalue weighted by Gasteiger charge is 2.13. The van der Waals surface area contributed by atoms with Gasteiger partial charge in [-0.2, -0.15) is 5.10 Å². The van der Waals surface area contributed by atoms with Crippen LogP contribution >= 0.6 is 0 Å². The summed E-state index contributed by atoms with van der Waals surface area (Å²) in [6.07, 6.45) is 1.29. The number of phenolic OH excluding ortho intramolecular Hbond substituents is 1. The Morgan fingerprint density at radius 2 is 1.73 bits per heavy atom. The van der Waals surface area contributed by atoms with Crippen molar-refractivity contribution in [2.45, 2.75) is 4.90 Å². The SMILES string of the molecule is COc1ccc(O)c(/C=N/NC(=O)c2ccc(NS(=O)(=O)c3ccccc3)cc2)c1. The molecule has 3 aromatic rings. The summed E-state index contributed by atoms with van der Waals surface area (Å²) >= 11 is 0. The molecule has 3 rings (SSSR count). The molecule has 0 atom stereocenters. The Balaban J connectivity index is 1.64. The predicted octanol–water partition coefficient (Wildman–Crippen LogP) is 2.97. The fraction of sp³-hybridized carbons (Fsp3) is 0.0476. The van der Waals surface area contributed by atoms with E-state index in [-0.39, 0.29) is 16.2 Å². The maximum Gasteiger partial charge on any atom is 0.271 e. The molecule has 8 nitrogen and oxygen atoms in total. The van der Waals surface area contributed by atoms with Gasteiger partial charge < -0.3 is 9.84 Å². The van der Waals surface area contributed by atoms with E-state index in [2.05, 4.69) is 15.2 Å². The number of hydrazone groups is 1. The molecule has 0 unspecified atom stereocenters. The summed E-state index contributed by atoms with van der Waals surface area (Å²) in [5, 5.41) is 13.6. The number of hydrogen-bond donors (Lipinski definition) is 3. The first-order valence-corrected chi connectivity index (χ1v) is 10.3. The molecule has 3 N–H and O–H groups in total. The Morgan fingerprint density at radius 1 is 1.03 bits per heavy atom. The number of carbonyl (C=O) groups is 1. The number of nitrogens with one attached hydrogen (secondary N) is 2. The fourth-order valence-corrected chi connectivity index (χ4v) is 3.57. The topological polar surface area (TPSA) is 117 Å². The number of nitrogens with zero attached hydrogens (tertiary/aromatic N) is 1. The molecule has 154 valence electrons. The number of rotatable bonds is 7. The number of carbonyl (C=O) groups excluding carboxylic acids is 1. The molecule has 0 heterocycles. The minimum Gasteiger partial charge on any atom is -0.507 e. The zero-order chi connectivity index (χ0) is 21.6. The predicted molar refractivity (Wildman–Crippen MR) is 113 cm³/mol. The van der Waals surface area contributed by atoms with Gasteiger partial charge in [-0.1, -0.05) is 18.2 Å². The minimum atomic E-state index is -3.71. The summed E-state index contributed by atoms with van der Waals surface area (Å²) in [4.78, 5) is 12.4. The van der Waals surface area contributed by atoms with Crippen LogP contribution in [0.15, 0.2) is 82.8 Å². The monoisotopic (exact) mass is 425 g/mol. The van der Waals surface area contributed by atoms with Crippen molar-refractivity contribution in [1.29, 1.82) is 0 Å². The molecule has 0 bridgehead atoms. The summed E-state index contributed by atoms with van der Waals surface area (Å²) in [6.45, 7) is 0. The maximum atomic E-state index is 12.3. The van der Waals surface area contributed by atoms with E-state index in [4.69, 9.17) is 4.74 Å². The van der Waals surface area contributed by atoms with Gasteiger partial charge in [-0.25, -0.2) is 13.8 Å². The molecular weight excluding hydrogens is 406 g/mol. The van der Waals surface area contributed by atoms with E-state index in [9.17, 15) is 18.3 Å². The van der Waals surface area contributed by atoms with Gasteiger partial charge in [0.05, 0.1) is 18.2 Å². The summed E-state index contributed by atoms with van der Waals surface area (Å²) in [5.41, 5.74) is 3.32. The third-order valence-electron chi connectivity index (χ3n) is 4.06. The molecule has 0 saturated heterocycles. The first-order chi connectivity index (χ1) is 14.4. The van der Waals surface area contributed by atoms with Gasteiger partial charge in [0.25, 0.3) is 15.9 Å². The molecular formula is C21H19N3O5S. The molecule has 0 aromatic heterocycles. The van der Waals surface area contributed by atoms with E-state index in [1.54, 1.807) is 30.3 Å². The third-order valence-corrected chi connectivity index (χ3v) is 5.45. The molecule has 9 heteroatoms. The van der Waals surface area contributed by atoms with Crippen LogP contribution in [0.5, 0.6) is 11.5 Å². The van der Waals surface area contributed by atoms with Crippen LogP contribution in [0.4, 0.5) is 5.69 Å². The Hall–Kier alpha value is -3.85. The van der Waals surface area contributed by atoms with Crippen LogP contribution in [0.2, 0.25) is 0 Å². The quantitative estimate of drug-likeness (QED) is 0.397. The van der Waals surface area contributed by atoms with Crippen molar-refractivity contribution in [2.75, 3.05) is 11.8 Å². The van der Waals surface area contributed by atoms with E-state index in [0.29, 0.717) is 17.0 Å². The van der Waals surface area contributed by atoms with Gasteiger partial charge in [0.1, 0.15) is 11.5 Å². The number of amides is 1. The Bertz CT molecular complexity index is 1160. The van der Waals surface area contributed by atoms with Crippen molar-refractivity contribution >= 4 is 27.8 Å². The average Bonchev–Trinajstić information content (AvgIpc) is 2.76. The lowest BCUT2D eigenvalue weighted by molar-refractivity contribution is 0.0955. The zero-order valence-corrected chi connectivity index (χ0v) is 16.8. The van der Waals surface area contributed by atoms with Gasteiger partial charge in [0.15, 0.2) is 0 Å². The molecule has 0 aliphatic carbocycles. The number of ether oxygens (including phenoxy) is 1. The van der Waals surface area contributed by atoms with Crippen LogP contribution in [-0.4, -0.2) is 32.8 Å². The summed E-state index contributed by atoms with van der Waals surface area (Å²) in [6, 6.07) is 18.5. The molecule has 0 aliphatic rings. The third kappa shape index (κ3) is 5.15. The van der Waals surface area contributed by atoms with E-state index in [1.165, 1.54) is 55.8 Å². The number of hydrogen-bond acceptors (Lipinski definition) is 6. The second kappa shape index (κ2) is 9.10. The summed E-state index contributed by atoms with van der Waals surface area (Å²) < 4.78 is 32.2. The number of anilines is 1. The molecule has 0 fully saturated rings. The van der Waals surface area contributed by atoms with E-state index < -0.39 is 15.9 Å². The Kier molecular flexibility index (Phi) is 6.33. The number of phenols is 1. The molecule has 30 heavy (non-hydrogen) atoms. The van der Waals surface area contributed by atoms with Crippen molar-refractivity contribution in [3.8, 4) is 11.5 Å². The highest BCUT2D eigenvalue weighted by Crippen LogP contribution is 2.21. The van der Waals surface area contributed by atoms with Crippen LogP contribution in [0.25, 0.3) is 0 Å². The van der Waals surface area contributed by atoms with Crippen LogP contribution in [-0.2, 0) is 10.0 Å². The van der Waals surface area contributed by atoms with Gasteiger partial charge in [0.2, 0.25) is 0 Å². The lowest BCUT2D eigenvalue weighted by atomic mass is 10.2. The van der Waals surface area contributed by atoms with Crippen molar-refractivity contribution in [1.82, 2.24) is 5.43 Å². The fourth-order valence-electron chi connectivity index (χ4n) is 2.49. The van der Waals surface area contributed by atoms with Crippen LogP contribution in [0, 0.1) is 0 Å². The number of aromatic hydroxyl groups is 1. The van der Waals surface area contributed by atoms with Gasteiger partial charge in [-0.05, 0) is 54.6 Å². The normalized spacial score (nSPS) is 11.2. The molecule has 0 spiro atoms. The van der Waals surface area contributed by atoms with Crippen LogP contribution in [0.3, 0.4) is 0 Å². The zero-order valence-electron chi connectivity index (χ0n) is 15.9. The average molecular weight is 425 g/mol. The number of methoxy groups -OCH3 is 1. The van der Waals surface area contributed by atoms with Gasteiger partial charge in [0, 0.05) is 16.8 Å². The van der Waals surface area contributed by atoms with Crippen molar-refractivity contribution < 1.29 is 23.1 Å². The van der Waals surface area contributed by atoms with E-state index in [1.807, 2.05) is 0 Å². The standard InChI is InChI=1S/C21H19N3O5S/c1-29-18-11-12-20(25)16(13-18)14-22-23-21(26)15-7-9-17(10-8-15)24-30(27,28)19-5-3-2-4-6-19/h2-14,24-25H,1H3,(H,23,26)/b22-14+. The Labute approximate surface area is 173 Å². The van der Waals surface area contributed by atoms with Crippen molar-refractivity contribution in [3.63, 3.8) is 0 Å². The number of benzene rings is 3. The molecule has 0 saturated carbocycles. The van der Waals surface area contributed by atoms with E-state index >= 15 is 0 Å². The summed E-state index contributed by atoms with van der Waals surface area (Å²) in [5.74, 6) is 0.0316. The molecule has 1 amide bonds. The van der Waals surface area contributed by atoms with Gasteiger partial charge >= 0.3 is 0 Å². The first kappa shape index (κ1) is 20.9. The Morgan fingerprint density at radius 3 is 2.40 bits per heavy atom. The highest BCUT2D eigenvalue weighted by atomic mass is 32.2. The number of sulfonamides is 1. The first-order valence-electron chi connectivity index (χ1n) is 8.77. The molecule has 0 aliphatic heterocycles. The van der Waals surface area contributed by atoms with Gasteiger partial charge in [-0.15, -0.1) is 0 Å². The van der Waals surface area contributed by atoms with Crippen LogP contribution in [0.1, 0.15) is 15.9 Å². The second-order valence-corrected chi connectivity index (χ2v) is 7.80. The highest BCUT2D eigenvalue weighted by molar-refractivity contribution is 7.92. The van der Waals surface area contributed by atoms with Crippen molar-refractivity contribution in [3.05, 3.63) is 83.9 Å². The van der Waals surface area contributed by atoms with Crippen LogP contribution < -0.4 is 14.9 Å². The van der Waals surface area contributed by atoms with Gasteiger partial charge in [-0.3, -0.25) is 9.52 Å². The molecule has 0 radical (unpaired) electrons. The van der Waals surface area contributed by atoms with Crippen molar-refractivity contribution in [2.24, 2.45) is 5.10 Å². The smallest absolute Gasteiger partial charge is 0.271 e. The van der Waals surface area contributed by atoms with E-state index in [0.717, 1.165) is 0 Å². The largest absolute Gasteiger partial charge is 0.507 e.